The molecule has 0 bridgehead atoms. The van der Waals surface area contributed by atoms with E-state index in [4.69, 9.17) is 0 Å². The Morgan fingerprint density at radius 2 is 2.20 bits per heavy atom. The maximum atomic E-state index is 12.4. The molecular formula is C9H13FN2O2S. The molecule has 0 aliphatic rings. The van der Waals surface area contributed by atoms with Crippen LogP contribution in [0, 0.1) is 5.95 Å². The Balaban J connectivity index is 2.65. The van der Waals surface area contributed by atoms with Crippen molar-refractivity contribution in [3.05, 3.63) is 24.3 Å². The maximum Gasteiger partial charge on any atom is 0.232 e. The Bertz CT molecular complexity index is 403. The van der Waals surface area contributed by atoms with E-state index in [9.17, 15) is 12.8 Å². The molecule has 1 heterocycles. The molecule has 15 heavy (non-hydrogen) atoms. The molecule has 0 aromatic carbocycles. The van der Waals surface area contributed by atoms with Crippen molar-refractivity contribution in [2.45, 2.75) is 19.8 Å². The van der Waals surface area contributed by atoms with E-state index in [1.165, 1.54) is 6.07 Å². The number of rotatable bonds is 5. The summed E-state index contributed by atoms with van der Waals surface area (Å²) in [7, 11) is -3.32. The molecule has 0 spiro atoms. The lowest BCUT2D eigenvalue weighted by Crippen LogP contribution is -2.16. The first-order valence-corrected chi connectivity index (χ1v) is 6.31. The quantitative estimate of drug-likeness (QED) is 0.787. The summed E-state index contributed by atoms with van der Waals surface area (Å²) in [6.45, 7) is 1.91. The SMILES string of the molecule is CCCCS(=O)(=O)Nc1ccc(F)nc1. The van der Waals surface area contributed by atoms with Crippen LogP contribution >= 0.6 is 0 Å². The van der Waals surface area contributed by atoms with Crippen molar-refractivity contribution in [2.75, 3.05) is 10.5 Å². The standard InChI is InChI=1S/C9H13FN2O2S/c1-2-3-6-15(13,14)12-8-4-5-9(10)11-7-8/h4-5,7,12H,2-3,6H2,1H3. The molecule has 4 nitrogen and oxygen atoms in total. The number of hydrogen-bond donors (Lipinski definition) is 1. The van der Waals surface area contributed by atoms with Crippen molar-refractivity contribution in [1.82, 2.24) is 4.98 Å². The van der Waals surface area contributed by atoms with Crippen molar-refractivity contribution < 1.29 is 12.8 Å². The van der Waals surface area contributed by atoms with Crippen LogP contribution in [0.4, 0.5) is 10.1 Å². The summed E-state index contributed by atoms with van der Waals surface area (Å²) in [5, 5.41) is 0. The fraction of sp³-hybridized carbons (Fsp3) is 0.444. The van der Waals surface area contributed by atoms with Gasteiger partial charge in [-0.05, 0) is 18.6 Å². The molecule has 0 aliphatic heterocycles. The van der Waals surface area contributed by atoms with Gasteiger partial charge in [0.25, 0.3) is 0 Å². The fourth-order valence-electron chi connectivity index (χ4n) is 1.00. The highest BCUT2D eigenvalue weighted by Crippen LogP contribution is 2.08. The van der Waals surface area contributed by atoms with Gasteiger partial charge in [-0.3, -0.25) is 4.72 Å². The van der Waals surface area contributed by atoms with Gasteiger partial charge >= 0.3 is 0 Å². The third-order valence-electron chi connectivity index (χ3n) is 1.77. The largest absolute Gasteiger partial charge is 0.282 e. The molecule has 84 valence electrons. The van der Waals surface area contributed by atoms with Gasteiger partial charge in [0, 0.05) is 0 Å². The van der Waals surface area contributed by atoms with E-state index in [0.717, 1.165) is 18.7 Å². The van der Waals surface area contributed by atoms with E-state index < -0.39 is 16.0 Å². The predicted octanol–water partition coefficient (Wildman–Crippen LogP) is 1.76. The van der Waals surface area contributed by atoms with E-state index in [2.05, 4.69) is 9.71 Å². The Labute approximate surface area is 88.6 Å². The molecule has 0 unspecified atom stereocenters. The average Bonchev–Trinajstić information content (AvgIpc) is 2.18. The molecular weight excluding hydrogens is 219 g/mol. The minimum atomic E-state index is -3.32. The number of unbranched alkanes of at least 4 members (excludes halogenated alkanes) is 1. The van der Waals surface area contributed by atoms with Gasteiger partial charge in [0.2, 0.25) is 16.0 Å². The molecule has 0 radical (unpaired) electrons. The van der Waals surface area contributed by atoms with Crippen LogP contribution < -0.4 is 4.72 Å². The molecule has 0 amide bonds. The van der Waals surface area contributed by atoms with Crippen molar-refractivity contribution in [1.29, 1.82) is 0 Å². The molecule has 0 saturated carbocycles. The third kappa shape index (κ3) is 4.24. The first-order valence-electron chi connectivity index (χ1n) is 4.65. The third-order valence-corrected chi connectivity index (χ3v) is 3.14. The summed E-state index contributed by atoms with van der Waals surface area (Å²) in [6, 6.07) is 2.45. The fourth-order valence-corrected chi connectivity index (χ4v) is 2.25. The molecule has 0 aliphatic carbocycles. The van der Waals surface area contributed by atoms with E-state index in [1.54, 1.807) is 0 Å². The number of halogens is 1. The topological polar surface area (TPSA) is 59.1 Å². The predicted molar refractivity (Wildman–Crippen MR) is 56.5 cm³/mol. The van der Waals surface area contributed by atoms with Crippen LogP contribution in [0.15, 0.2) is 18.3 Å². The molecule has 1 N–H and O–H groups in total. The van der Waals surface area contributed by atoms with Crippen molar-refractivity contribution in [3.8, 4) is 0 Å². The number of hydrogen-bond acceptors (Lipinski definition) is 3. The van der Waals surface area contributed by atoms with Crippen LogP contribution in [-0.4, -0.2) is 19.2 Å². The first-order chi connectivity index (χ1) is 7.03. The zero-order chi connectivity index (χ0) is 11.3. The van der Waals surface area contributed by atoms with E-state index >= 15 is 0 Å². The minimum Gasteiger partial charge on any atom is -0.282 e. The number of sulfonamides is 1. The summed E-state index contributed by atoms with van der Waals surface area (Å²) in [6.07, 6.45) is 2.56. The Morgan fingerprint density at radius 3 is 2.73 bits per heavy atom. The number of aromatic nitrogens is 1. The lowest BCUT2D eigenvalue weighted by atomic mass is 10.4. The summed E-state index contributed by atoms with van der Waals surface area (Å²) in [4.78, 5) is 3.35. The van der Waals surface area contributed by atoms with Crippen LogP contribution in [-0.2, 0) is 10.0 Å². The maximum absolute atomic E-state index is 12.4. The zero-order valence-electron chi connectivity index (χ0n) is 8.40. The lowest BCUT2D eigenvalue weighted by Gasteiger charge is -2.06. The first kappa shape index (κ1) is 11.9. The van der Waals surface area contributed by atoms with Gasteiger partial charge in [-0.15, -0.1) is 0 Å². The number of anilines is 1. The summed E-state index contributed by atoms with van der Waals surface area (Å²) < 4.78 is 37.6. The van der Waals surface area contributed by atoms with Gasteiger partial charge in [0.15, 0.2) is 0 Å². The lowest BCUT2D eigenvalue weighted by molar-refractivity contribution is 0.583. The average molecular weight is 232 g/mol. The summed E-state index contributed by atoms with van der Waals surface area (Å²) in [5.74, 6) is -0.563. The van der Waals surface area contributed by atoms with Crippen LogP contribution in [0.3, 0.4) is 0 Å². The van der Waals surface area contributed by atoms with Crippen LogP contribution in [0.1, 0.15) is 19.8 Å². The number of nitrogens with zero attached hydrogens (tertiary/aromatic N) is 1. The second-order valence-electron chi connectivity index (χ2n) is 3.14. The normalized spacial score (nSPS) is 11.3. The molecule has 6 heteroatoms. The van der Waals surface area contributed by atoms with Gasteiger partial charge in [-0.2, -0.15) is 4.39 Å². The number of nitrogens with one attached hydrogen (secondary N) is 1. The van der Waals surface area contributed by atoms with Gasteiger partial charge in [-0.1, -0.05) is 13.3 Å². The minimum absolute atomic E-state index is 0.0703. The highest BCUT2D eigenvalue weighted by molar-refractivity contribution is 7.92. The van der Waals surface area contributed by atoms with E-state index in [1.807, 2.05) is 6.92 Å². The van der Waals surface area contributed by atoms with Crippen LogP contribution in [0.5, 0.6) is 0 Å². The molecule has 1 aromatic heterocycles. The van der Waals surface area contributed by atoms with Crippen molar-refractivity contribution in [2.24, 2.45) is 0 Å². The second kappa shape index (κ2) is 5.06. The molecule has 1 rings (SSSR count). The Morgan fingerprint density at radius 1 is 1.47 bits per heavy atom. The smallest absolute Gasteiger partial charge is 0.232 e. The summed E-state index contributed by atoms with van der Waals surface area (Å²) in [5.41, 5.74) is 0.285. The van der Waals surface area contributed by atoms with Gasteiger partial charge in [-0.25, -0.2) is 13.4 Å². The van der Waals surface area contributed by atoms with Gasteiger partial charge in [0.05, 0.1) is 17.6 Å². The van der Waals surface area contributed by atoms with Crippen molar-refractivity contribution in [3.63, 3.8) is 0 Å². The number of pyridine rings is 1. The molecule has 1 aromatic rings. The second-order valence-corrected chi connectivity index (χ2v) is 4.99. The highest BCUT2D eigenvalue weighted by atomic mass is 32.2. The van der Waals surface area contributed by atoms with Crippen LogP contribution in [0.25, 0.3) is 0 Å². The van der Waals surface area contributed by atoms with E-state index in [-0.39, 0.29) is 11.4 Å². The van der Waals surface area contributed by atoms with E-state index in [0.29, 0.717) is 6.42 Å². The highest BCUT2D eigenvalue weighted by Gasteiger charge is 2.09. The van der Waals surface area contributed by atoms with Crippen LogP contribution in [0.2, 0.25) is 0 Å². The van der Waals surface area contributed by atoms with Crippen molar-refractivity contribution >= 4 is 15.7 Å². The summed E-state index contributed by atoms with van der Waals surface area (Å²) >= 11 is 0. The van der Waals surface area contributed by atoms with Gasteiger partial charge < -0.3 is 0 Å². The zero-order valence-corrected chi connectivity index (χ0v) is 9.22. The molecule has 0 saturated heterocycles. The molecule has 0 fully saturated rings. The van der Waals surface area contributed by atoms with Gasteiger partial charge in [0.1, 0.15) is 0 Å². The monoisotopic (exact) mass is 232 g/mol. The Kier molecular flexibility index (Phi) is 4.02. The molecule has 0 atom stereocenters. The Hall–Kier alpha value is -1.17.